The number of morpholine rings is 1. The summed E-state index contributed by atoms with van der Waals surface area (Å²) in [5, 5.41) is 2.60. The van der Waals surface area contributed by atoms with Crippen molar-refractivity contribution in [3.05, 3.63) is 23.8 Å². The summed E-state index contributed by atoms with van der Waals surface area (Å²) in [6.45, 7) is 7.78. The quantitative estimate of drug-likeness (QED) is 0.806. The van der Waals surface area contributed by atoms with E-state index in [1.165, 1.54) is 0 Å². The molecule has 1 amide bonds. The molecule has 1 aliphatic rings. The number of rotatable bonds is 2. The third-order valence-electron chi connectivity index (χ3n) is 3.43. The van der Waals surface area contributed by atoms with Crippen molar-refractivity contribution >= 4 is 17.3 Å². The lowest BCUT2D eigenvalue weighted by molar-refractivity contribution is -0.0749. The second-order valence-corrected chi connectivity index (χ2v) is 5.92. The van der Waals surface area contributed by atoms with Crippen LogP contribution in [-0.2, 0) is 4.74 Å². The van der Waals surface area contributed by atoms with Crippen LogP contribution >= 0.6 is 0 Å². The first-order chi connectivity index (χ1) is 9.32. The minimum Gasteiger partial charge on any atom is -0.397 e. The van der Waals surface area contributed by atoms with Crippen molar-refractivity contribution in [3.63, 3.8) is 0 Å². The van der Waals surface area contributed by atoms with Crippen LogP contribution in [0.4, 0.5) is 11.4 Å². The van der Waals surface area contributed by atoms with E-state index in [9.17, 15) is 4.79 Å². The number of nitrogens with two attached hydrogens (primary N) is 1. The Morgan fingerprint density at radius 1 is 1.50 bits per heavy atom. The van der Waals surface area contributed by atoms with Gasteiger partial charge in [-0.1, -0.05) is 0 Å². The Kier molecular flexibility index (Phi) is 3.90. The molecule has 1 aromatic rings. The van der Waals surface area contributed by atoms with E-state index in [-0.39, 0.29) is 17.6 Å². The van der Waals surface area contributed by atoms with E-state index in [4.69, 9.17) is 10.5 Å². The molecular formula is C15H23N3O2. The lowest BCUT2D eigenvalue weighted by Gasteiger charge is -2.43. The lowest BCUT2D eigenvalue weighted by atomic mass is 10.0. The molecule has 0 aromatic heterocycles. The molecule has 1 unspecified atom stereocenters. The standard InChI is InChI=1S/C15H23N3O2/c1-10-8-18(9-15(2,3)20-10)13-6-5-11(7-12(13)16)14(19)17-4/h5-7,10H,8-9,16H2,1-4H3,(H,17,19). The molecule has 0 bridgehead atoms. The van der Waals surface area contributed by atoms with Crippen molar-refractivity contribution in [3.8, 4) is 0 Å². The average Bonchev–Trinajstić information content (AvgIpc) is 2.35. The molecule has 0 spiro atoms. The van der Waals surface area contributed by atoms with Gasteiger partial charge in [0.2, 0.25) is 0 Å². The monoisotopic (exact) mass is 277 g/mol. The Labute approximate surface area is 120 Å². The Hall–Kier alpha value is -1.75. The number of nitrogen functional groups attached to an aromatic ring is 1. The van der Waals surface area contributed by atoms with Crippen molar-refractivity contribution in [1.82, 2.24) is 5.32 Å². The molecule has 1 atom stereocenters. The number of carbonyl (C=O) groups is 1. The SMILES string of the molecule is CNC(=O)c1ccc(N2CC(C)OC(C)(C)C2)c(N)c1. The van der Waals surface area contributed by atoms with E-state index in [0.717, 1.165) is 18.8 Å². The highest BCUT2D eigenvalue weighted by molar-refractivity contribution is 5.96. The largest absolute Gasteiger partial charge is 0.397 e. The molecule has 1 heterocycles. The topological polar surface area (TPSA) is 67.6 Å². The van der Waals surface area contributed by atoms with Gasteiger partial charge in [-0.2, -0.15) is 0 Å². The molecule has 1 aromatic carbocycles. The molecule has 0 aliphatic carbocycles. The number of hydrogen-bond donors (Lipinski definition) is 2. The number of nitrogens with one attached hydrogen (secondary N) is 1. The molecule has 1 fully saturated rings. The zero-order valence-corrected chi connectivity index (χ0v) is 12.6. The molecule has 1 aliphatic heterocycles. The molecule has 5 nitrogen and oxygen atoms in total. The van der Waals surface area contributed by atoms with Gasteiger partial charge in [0.1, 0.15) is 0 Å². The van der Waals surface area contributed by atoms with Gasteiger partial charge in [-0.15, -0.1) is 0 Å². The van der Waals surface area contributed by atoms with Gasteiger partial charge in [-0.25, -0.2) is 0 Å². The van der Waals surface area contributed by atoms with Crippen molar-refractivity contribution in [1.29, 1.82) is 0 Å². The van der Waals surface area contributed by atoms with Crippen LogP contribution in [0.2, 0.25) is 0 Å². The molecule has 0 radical (unpaired) electrons. The Morgan fingerprint density at radius 2 is 2.20 bits per heavy atom. The van der Waals surface area contributed by atoms with Gasteiger partial charge in [0.05, 0.1) is 23.1 Å². The summed E-state index contributed by atoms with van der Waals surface area (Å²) in [7, 11) is 1.61. The molecular weight excluding hydrogens is 254 g/mol. The van der Waals surface area contributed by atoms with Gasteiger partial charge in [-0.3, -0.25) is 4.79 Å². The first-order valence-electron chi connectivity index (χ1n) is 6.87. The minimum absolute atomic E-state index is 0.126. The zero-order valence-electron chi connectivity index (χ0n) is 12.6. The molecule has 0 saturated carbocycles. The average molecular weight is 277 g/mol. The molecule has 5 heteroatoms. The van der Waals surface area contributed by atoms with Crippen molar-refractivity contribution < 1.29 is 9.53 Å². The maximum atomic E-state index is 11.6. The Morgan fingerprint density at radius 3 is 2.75 bits per heavy atom. The van der Waals surface area contributed by atoms with Gasteiger partial charge >= 0.3 is 0 Å². The van der Waals surface area contributed by atoms with E-state index >= 15 is 0 Å². The third kappa shape index (κ3) is 3.04. The van der Waals surface area contributed by atoms with Gasteiger partial charge in [0.15, 0.2) is 0 Å². The highest BCUT2D eigenvalue weighted by atomic mass is 16.5. The number of carbonyl (C=O) groups excluding carboxylic acids is 1. The van der Waals surface area contributed by atoms with E-state index in [2.05, 4.69) is 31.0 Å². The maximum Gasteiger partial charge on any atom is 0.251 e. The molecule has 110 valence electrons. The highest BCUT2D eigenvalue weighted by Crippen LogP contribution is 2.30. The number of hydrogen-bond acceptors (Lipinski definition) is 4. The van der Waals surface area contributed by atoms with Gasteiger partial charge in [-0.05, 0) is 39.0 Å². The summed E-state index contributed by atoms with van der Waals surface area (Å²) in [4.78, 5) is 13.8. The summed E-state index contributed by atoms with van der Waals surface area (Å²) in [5.74, 6) is -0.126. The highest BCUT2D eigenvalue weighted by Gasteiger charge is 2.32. The van der Waals surface area contributed by atoms with Crippen LogP contribution in [0.25, 0.3) is 0 Å². The zero-order chi connectivity index (χ0) is 14.9. The first kappa shape index (κ1) is 14.7. The van der Waals surface area contributed by atoms with E-state index < -0.39 is 0 Å². The molecule has 1 saturated heterocycles. The van der Waals surface area contributed by atoms with E-state index in [0.29, 0.717) is 11.3 Å². The number of anilines is 2. The summed E-state index contributed by atoms with van der Waals surface area (Å²) in [6.07, 6.45) is 0.150. The molecule has 3 N–H and O–H groups in total. The lowest BCUT2D eigenvalue weighted by Crippen LogP contribution is -2.52. The van der Waals surface area contributed by atoms with Gasteiger partial charge in [0.25, 0.3) is 5.91 Å². The smallest absolute Gasteiger partial charge is 0.251 e. The molecule has 2 rings (SSSR count). The second-order valence-electron chi connectivity index (χ2n) is 5.92. The number of ether oxygens (including phenoxy) is 1. The van der Waals surface area contributed by atoms with E-state index in [1.807, 2.05) is 6.07 Å². The van der Waals surface area contributed by atoms with Crippen LogP contribution in [0.5, 0.6) is 0 Å². The summed E-state index contributed by atoms with van der Waals surface area (Å²) >= 11 is 0. The second kappa shape index (κ2) is 5.32. The van der Waals surface area contributed by atoms with Crippen LogP contribution < -0.4 is 16.0 Å². The fraction of sp³-hybridized carbons (Fsp3) is 0.533. The van der Waals surface area contributed by atoms with Crippen LogP contribution in [0, 0.1) is 0 Å². The number of nitrogens with zero attached hydrogens (tertiary/aromatic N) is 1. The predicted octanol–water partition coefficient (Wildman–Crippen LogP) is 1.63. The van der Waals surface area contributed by atoms with Gasteiger partial charge < -0.3 is 20.7 Å². The van der Waals surface area contributed by atoms with Crippen LogP contribution in [-0.4, -0.2) is 37.7 Å². The fourth-order valence-corrected chi connectivity index (χ4v) is 2.77. The summed E-state index contributed by atoms with van der Waals surface area (Å²) in [6, 6.07) is 5.44. The van der Waals surface area contributed by atoms with Crippen molar-refractivity contribution in [2.45, 2.75) is 32.5 Å². The summed E-state index contributed by atoms with van der Waals surface area (Å²) < 4.78 is 5.90. The molecule has 20 heavy (non-hydrogen) atoms. The maximum absolute atomic E-state index is 11.6. The van der Waals surface area contributed by atoms with Crippen molar-refractivity contribution in [2.75, 3.05) is 30.8 Å². The first-order valence-corrected chi connectivity index (χ1v) is 6.87. The van der Waals surface area contributed by atoms with Crippen molar-refractivity contribution in [2.24, 2.45) is 0 Å². The normalized spacial score (nSPS) is 21.6. The van der Waals surface area contributed by atoms with Gasteiger partial charge in [0, 0.05) is 25.7 Å². The predicted molar refractivity (Wildman–Crippen MR) is 81.1 cm³/mol. The Bertz CT molecular complexity index is 514. The Balaban J connectivity index is 2.27. The van der Waals surface area contributed by atoms with Crippen LogP contribution in [0.1, 0.15) is 31.1 Å². The third-order valence-corrected chi connectivity index (χ3v) is 3.43. The van der Waals surface area contributed by atoms with E-state index in [1.54, 1.807) is 19.2 Å². The van der Waals surface area contributed by atoms with Crippen LogP contribution in [0.3, 0.4) is 0 Å². The fourth-order valence-electron chi connectivity index (χ4n) is 2.77. The number of amides is 1. The number of benzene rings is 1. The minimum atomic E-state index is -0.205. The van der Waals surface area contributed by atoms with Crippen LogP contribution in [0.15, 0.2) is 18.2 Å². The summed E-state index contributed by atoms with van der Waals surface area (Å²) in [5.41, 5.74) is 8.07.